The molecule has 3 aliphatic heterocycles. The average molecular weight is 347 g/mol. The molecule has 0 unspecified atom stereocenters. The molecule has 0 aromatic rings. The van der Waals surface area contributed by atoms with Crippen molar-refractivity contribution in [2.24, 2.45) is 0 Å². The molecule has 2 bridgehead atoms. The zero-order chi connectivity index (χ0) is 16.8. The van der Waals surface area contributed by atoms with Crippen LogP contribution in [0.1, 0.15) is 32.6 Å². The Hall–Kier alpha value is 0.0169. The van der Waals surface area contributed by atoms with Crippen molar-refractivity contribution in [2.75, 3.05) is 73.7 Å². The summed E-state index contributed by atoms with van der Waals surface area (Å²) in [6.45, 7) is 10.4. The maximum atomic E-state index is 6.19. The van der Waals surface area contributed by atoms with Crippen LogP contribution in [0.5, 0.6) is 0 Å². The van der Waals surface area contributed by atoms with Crippen LogP contribution in [0.3, 0.4) is 0 Å². The lowest BCUT2D eigenvalue weighted by Gasteiger charge is -2.43. The fraction of sp³-hybridized carbons (Fsp3) is 1.00. The number of likely N-dealkylation sites (N-methyl/N-ethyl adjacent to an activating group) is 1. The molecule has 0 saturated carbocycles. The van der Waals surface area contributed by atoms with Gasteiger partial charge in [0, 0.05) is 12.5 Å². The van der Waals surface area contributed by atoms with Crippen LogP contribution in [-0.4, -0.2) is 91.5 Å². The third-order valence-corrected chi connectivity index (χ3v) is 8.37. The van der Waals surface area contributed by atoms with E-state index in [1.54, 1.807) is 0 Å². The summed E-state index contributed by atoms with van der Waals surface area (Å²) in [4.78, 5) is 0. The second-order valence-corrected chi connectivity index (χ2v) is 10.9. The molecule has 0 radical (unpaired) electrons. The second kappa shape index (κ2) is 8.40. The molecule has 0 aliphatic carbocycles. The summed E-state index contributed by atoms with van der Waals surface area (Å²) in [5.41, 5.74) is 0. The van der Waals surface area contributed by atoms with Gasteiger partial charge in [0.25, 0.3) is 0 Å². The molecule has 0 atom stereocenters. The summed E-state index contributed by atoms with van der Waals surface area (Å²) in [5, 5.41) is 0. The minimum absolute atomic E-state index is 0.789. The van der Waals surface area contributed by atoms with E-state index in [1.165, 1.54) is 32.4 Å². The normalized spacial score (nSPS) is 32.3. The van der Waals surface area contributed by atoms with Gasteiger partial charge in [0.2, 0.25) is 0 Å². The SMILES string of the molecule is CCCCC[N+](C)(C)CCC[Si]12OCC[N+](C)(CCO1)CCO2. The Balaban J connectivity index is 1.81. The van der Waals surface area contributed by atoms with Crippen molar-refractivity contribution in [3.8, 4) is 0 Å². The van der Waals surface area contributed by atoms with Gasteiger partial charge in [-0.25, -0.2) is 0 Å². The molecule has 3 aliphatic rings. The highest BCUT2D eigenvalue weighted by molar-refractivity contribution is 6.60. The molecular formula is C17H38N2O3Si+2. The fourth-order valence-electron chi connectivity index (χ4n) is 3.57. The topological polar surface area (TPSA) is 27.7 Å². The van der Waals surface area contributed by atoms with E-state index < -0.39 is 8.80 Å². The van der Waals surface area contributed by atoms with E-state index in [0.717, 1.165) is 60.9 Å². The summed E-state index contributed by atoms with van der Waals surface area (Å²) < 4.78 is 20.7. The Morgan fingerprint density at radius 1 is 0.870 bits per heavy atom. The molecule has 23 heavy (non-hydrogen) atoms. The first-order valence-electron chi connectivity index (χ1n) is 9.46. The number of nitrogens with zero attached hydrogens (tertiary/aromatic N) is 2. The number of hydrogen-bond acceptors (Lipinski definition) is 3. The van der Waals surface area contributed by atoms with E-state index in [9.17, 15) is 0 Å². The zero-order valence-electron chi connectivity index (χ0n) is 15.8. The van der Waals surface area contributed by atoms with E-state index in [0.29, 0.717) is 0 Å². The van der Waals surface area contributed by atoms with Crippen LogP contribution in [-0.2, 0) is 13.3 Å². The monoisotopic (exact) mass is 346 g/mol. The van der Waals surface area contributed by atoms with Crippen LogP contribution in [0.15, 0.2) is 0 Å². The fourth-order valence-corrected chi connectivity index (χ4v) is 6.05. The molecule has 3 rings (SSSR count). The van der Waals surface area contributed by atoms with Crippen LogP contribution in [0.2, 0.25) is 6.04 Å². The van der Waals surface area contributed by atoms with Crippen LogP contribution in [0.4, 0.5) is 0 Å². The zero-order valence-corrected chi connectivity index (χ0v) is 16.8. The van der Waals surface area contributed by atoms with Crippen molar-refractivity contribution < 1.29 is 22.2 Å². The summed E-state index contributed by atoms with van der Waals surface area (Å²) in [6.07, 6.45) is 5.10. The Kier molecular flexibility index (Phi) is 7.07. The first-order valence-corrected chi connectivity index (χ1v) is 11.4. The number of rotatable bonds is 8. The van der Waals surface area contributed by atoms with Gasteiger partial charge in [-0.1, -0.05) is 13.3 Å². The Morgan fingerprint density at radius 3 is 1.91 bits per heavy atom. The van der Waals surface area contributed by atoms with Crippen molar-refractivity contribution in [2.45, 2.75) is 38.7 Å². The lowest BCUT2D eigenvalue weighted by atomic mass is 10.2. The summed E-state index contributed by atoms with van der Waals surface area (Å²) in [6, 6.07) is 0.978. The van der Waals surface area contributed by atoms with E-state index >= 15 is 0 Å². The maximum Gasteiger partial charge on any atom is 0.501 e. The third kappa shape index (κ3) is 6.10. The number of fused-ring (bicyclic) bond motifs is 6. The van der Waals surface area contributed by atoms with Gasteiger partial charge >= 0.3 is 8.80 Å². The highest BCUT2D eigenvalue weighted by atomic mass is 28.4. The van der Waals surface area contributed by atoms with E-state index in [2.05, 4.69) is 28.1 Å². The van der Waals surface area contributed by atoms with Crippen molar-refractivity contribution >= 4 is 8.80 Å². The van der Waals surface area contributed by atoms with Gasteiger partial charge in [-0.15, -0.1) is 0 Å². The Bertz CT molecular complexity index is 336. The van der Waals surface area contributed by atoms with Gasteiger partial charge in [-0.3, -0.25) is 0 Å². The standard InChI is InChI=1S/C17H38N2O3Si/c1-5-6-7-9-18(2,3)10-8-17-23-20-14-11-19(4,12-15-21-23)13-16-22-23/h5-17H2,1-4H3/q+2. The van der Waals surface area contributed by atoms with Crippen LogP contribution in [0, 0.1) is 0 Å². The van der Waals surface area contributed by atoms with Crippen LogP contribution < -0.4 is 0 Å². The van der Waals surface area contributed by atoms with Crippen molar-refractivity contribution in [1.82, 2.24) is 0 Å². The number of hydrogen-bond donors (Lipinski definition) is 0. The molecule has 0 amide bonds. The van der Waals surface area contributed by atoms with Crippen molar-refractivity contribution in [3.63, 3.8) is 0 Å². The molecule has 136 valence electrons. The maximum absolute atomic E-state index is 6.19. The smallest absolute Gasteiger partial charge is 0.368 e. The van der Waals surface area contributed by atoms with Gasteiger partial charge in [0.05, 0.1) is 54.1 Å². The van der Waals surface area contributed by atoms with Gasteiger partial charge in [-0.2, -0.15) is 0 Å². The highest BCUT2D eigenvalue weighted by Crippen LogP contribution is 2.24. The molecule has 0 N–H and O–H groups in total. The second-order valence-electron chi connectivity index (χ2n) is 8.21. The van der Waals surface area contributed by atoms with E-state index in [-0.39, 0.29) is 0 Å². The van der Waals surface area contributed by atoms with Gasteiger partial charge in [0.15, 0.2) is 0 Å². The average Bonchev–Trinajstić information content (AvgIpc) is 2.42. The molecule has 0 aromatic carbocycles. The minimum atomic E-state index is -2.42. The Morgan fingerprint density at radius 2 is 1.39 bits per heavy atom. The van der Waals surface area contributed by atoms with Crippen molar-refractivity contribution in [3.05, 3.63) is 0 Å². The lowest BCUT2D eigenvalue weighted by Crippen LogP contribution is -2.61. The van der Waals surface area contributed by atoms with Crippen LogP contribution >= 0.6 is 0 Å². The first-order chi connectivity index (χ1) is 10.9. The van der Waals surface area contributed by atoms with Crippen LogP contribution in [0.25, 0.3) is 0 Å². The summed E-state index contributed by atoms with van der Waals surface area (Å²) in [5.74, 6) is 0. The van der Waals surface area contributed by atoms with Gasteiger partial charge < -0.3 is 22.2 Å². The minimum Gasteiger partial charge on any atom is -0.368 e. The largest absolute Gasteiger partial charge is 0.501 e. The summed E-state index contributed by atoms with van der Waals surface area (Å²) >= 11 is 0. The molecule has 5 nitrogen and oxygen atoms in total. The lowest BCUT2D eigenvalue weighted by molar-refractivity contribution is -0.912. The van der Waals surface area contributed by atoms with E-state index in [1.807, 2.05) is 0 Å². The van der Waals surface area contributed by atoms with Crippen molar-refractivity contribution in [1.29, 1.82) is 0 Å². The van der Waals surface area contributed by atoms with E-state index in [4.69, 9.17) is 13.3 Å². The molecule has 3 fully saturated rings. The molecule has 3 heterocycles. The molecule has 6 heteroatoms. The number of unbranched alkanes of at least 4 members (excludes halogenated alkanes) is 2. The quantitative estimate of drug-likeness (QED) is 0.383. The molecule has 0 spiro atoms. The highest BCUT2D eigenvalue weighted by Gasteiger charge is 2.46. The summed E-state index contributed by atoms with van der Waals surface area (Å²) in [7, 11) is 4.55. The molecule has 3 saturated heterocycles. The molecule has 0 aromatic heterocycles. The predicted molar refractivity (Wildman–Crippen MR) is 95.2 cm³/mol. The predicted octanol–water partition coefficient (Wildman–Crippen LogP) is 2.11. The Labute approximate surface area is 144 Å². The number of quaternary nitrogens is 2. The first kappa shape index (κ1) is 19.3. The third-order valence-electron chi connectivity index (χ3n) is 5.47. The van der Waals surface area contributed by atoms with Gasteiger partial charge in [-0.05, 0) is 12.8 Å². The van der Waals surface area contributed by atoms with Gasteiger partial charge in [0.1, 0.15) is 19.6 Å². The molecular weight excluding hydrogens is 308 g/mol.